The molecule has 2 amide bonds. The Labute approximate surface area is 132 Å². The Bertz CT molecular complexity index is 654. The summed E-state index contributed by atoms with van der Waals surface area (Å²) in [5.74, 6) is -0.297. The van der Waals surface area contributed by atoms with Crippen molar-refractivity contribution in [2.24, 2.45) is 0 Å². The number of nitrogens with zero attached hydrogens (tertiary/aromatic N) is 1. The fourth-order valence-electron chi connectivity index (χ4n) is 1.78. The maximum absolute atomic E-state index is 12.0. The molecule has 0 aliphatic rings. The van der Waals surface area contributed by atoms with E-state index in [9.17, 15) is 9.59 Å². The van der Waals surface area contributed by atoms with Crippen LogP contribution in [0.5, 0.6) is 0 Å². The van der Waals surface area contributed by atoms with Gasteiger partial charge in [0.15, 0.2) is 0 Å². The van der Waals surface area contributed by atoms with Crippen LogP contribution in [0.3, 0.4) is 0 Å². The van der Waals surface area contributed by atoms with Crippen LogP contribution in [-0.2, 0) is 11.2 Å². The summed E-state index contributed by atoms with van der Waals surface area (Å²) in [6.07, 6.45) is 0.292. The molecule has 0 aliphatic heterocycles. The molecule has 2 rings (SSSR count). The average Bonchev–Trinajstić information content (AvgIpc) is 2.93. The van der Waals surface area contributed by atoms with Crippen LogP contribution in [0.2, 0.25) is 5.02 Å². The lowest BCUT2D eigenvalue weighted by molar-refractivity contribution is -0.115. The van der Waals surface area contributed by atoms with Crippen molar-refractivity contribution in [3.8, 4) is 0 Å². The molecule has 0 spiro atoms. The molecule has 4 nitrogen and oxygen atoms in total. The molecule has 0 radical (unpaired) electrons. The lowest BCUT2D eigenvalue weighted by atomic mass is 10.1. The molecule has 2 aromatic rings. The van der Waals surface area contributed by atoms with Crippen molar-refractivity contribution in [1.82, 2.24) is 4.90 Å². The van der Waals surface area contributed by atoms with Crippen molar-refractivity contribution in [3.63, 3.8) is 0 Å². The molecule has 6 heteroatoms. The smallest absolute Gasteiger partial charge is 0.253 e. The number of carbonyl (C=O) groups excluding carboxylic acids is 2. The van der Waals surface area contributed by atoms with Gasteiger partial charge in [0.25, 0.3) is 5.91 Å². The van der Waals surface area contributed by atoms with E-state index >= 15 is 0 Å². The van der Waals surface area contributed by atoms with Gasteiger partial charge in [0.1, 0.15) is 0 Å². The molecule has 0 fully saturated rings. The summed E-state index contributed by atoms with van der Waals surface area (Å²) in [4.78, 5) is 26.4. The Morgan fingerprint density at radius 1 is 1.29 bits per heavy atom. The first-order valence-corrected chi connectivity index (χ1v) is 7.56. The molecule has 1 aromatic heterocycles. The van der Waals surface area contributed by atoms with Gasteiger partial charge in [-0.2, -0.15) is 0 Å². The Morgan fingerprint density at radius 2 is 2.05 bits per heavy atom. The minimum Gasteiger partial charge on any atom is -0.345 e. The minimum absolute atomic E-state index is 0.138. The van der Waals surface area contributed by atoms with Crippen LogP contribution in [0.15, 0.2) is 35.7 Å². The van der Waals surface area contributed by atoms with Crippen LogP contribution in [0.4, 0.5) is 5.69 Å². The summed E-state index contributed by atoms with van der Waals surface area (Å²) >= 11 is 7.59. The van der Waals surface area contributed by atoms with Crippen LogP contribution < -0.4 is 5.32 Å². The average molecular weight is 323 g/mol. The molecule has 0 saturated carbocycles. The van der Waals surface area contributed by atoms with Crippen LogP contribution in [-0.4, -0.2) is 30.8 Å². The van der Waals surface area contributed by atoms with Gasteiger partial charge in [0.05, 0.1) is 17.1 Å². The van der Waals surface area contributed by atoms with E-state index in [0.29, 0.717) is 22.7 Å². The highest BCUT2D eigenvalue weighted by atomic mass is 35.5. The van der Waals surface area contributed by atoms with Gasteiger partial charge in [-0.05, 0) is 29.6 Å². The largest absolute Gasteiger partial charge is 0.345 e. The first-order chi connectivity index (χ1) is 9.97. The summed E-state index contributed by atoms with van der Waals surface area (Å²) in [7, 11) is 3.35. The Morgan fingerprint density at radius 3 is 2.67 bits per heavy atom. The second kappa shape index (κ2) is 6.74. The zero-order chi connectivity index (χ0) is 15.4. The monoisotopic (exact) mass is 322 g/mol. The van der Waals surface area contributed by atoms with Crippen molar-refractivity contribution in [2.75, 3.05) is 19.4 Å². The van der Waals surface area contributed by atoms with Crippen molar-refractivity contribution in [2.45, 2.75) is 6.42 Å². The van der Waals surface area contributed by atoms with E-state index in [0.717, 1.165) is 4.88 Å². The van der Waals surface area contributed by atoms with Gasteiger partial charge in [-0.15, -0.1) is 11.3 Å². The summed E-state index contributed by atoms with van der Waals surface area (Å²) < 4.78 is 0. The van der Waals surface area contributed by atoms with Crippen LogP contribution >= 0.6 is 22.9 Å². The highest BCUT2D eigenvalue weighted by Gasteiger charge is 2.13. The molecule has 0 aliphatic carbocycles. The number of rotatable bonds is 4. The number of amides is 2. The number of benzene rings is 1. The zero-order valence-electron chi connectivity index (χ0n) is 11.7. The van der Waals surface area contributed by atoms with Gasteiger partial charge < -0.3 is 10.2 Å². The highest BCUT2D eigenvalue weighted by Crippen LogP contribution is 2.24. The molecular formula is C15H15ClN2O2S. The topological polar surface area (TPSA) is 49.4 Å². The van der Waals surface area contributed by atoms with Gasteiger partial charge in [-0.3, -0.25) is 9.59 Å². The number of anilines is 1. The summed E-state index contributed by atoms with van der Waals surface area (Å²) in [5, 5.41) is 5.08. The van der Waals surface area contributed by atoms with E-state index < -0.39 is 0 Å². The number of carbonyl (C=O) groups is 2. The third-order valence-corrected chi connectivity index (χ3v) is 4.01. The van der Waals surface area contributed by atoms with E-state index in [-0.39, 0.29) is 11.8 Å². The maximum atomic E-state index is 12.0. The number of nitrogens with one attached hydrogen (secondary N) is 1. The molecule has 1 N–H and O–H groups in total. The Balaban J connectivity index is 2.13. The van der Waals surface area contributed by atoms with Gasteiger partial charge in [-0.1, -0.05) is 17.7 Å². The SMILES string of the molecule is CN(C)C(=O)c1ccc(Cl)c(NC(=O)Cc2cccs2)c1. The second-order valence-electron chi connectivity index (χ2n) is 4.70. The fourth-order valence-corrected chi connectivity index (χ4v) is 2.65. The molecule has 110 valence electrons. The van der Waals surface area contributed by atoms with E-state index in [1.807, 2.05) is 17.5 Å². The molecule has 0 atom stereocenters. The molecule has 21 heavy (non-hydrogen) atoms. The normalized spacial score (nSPS) is 10.2. The van der Waals surface area contributed by atoms with Gasteiger partial charge in [0.2, 0.25) is 5.91 Å². The van der Waals surface area contributed by atoms with Gasteiger partial charge in [0, 0.05) is 24.5 Å². The third-order valence-electron chi connectivity index (χ3n) is 2.81. The molecule has 1 heterocycles. The number of halogens is 1. The molecule has 0 saturated heterocycles. The van der Waals surface area contributed by atoms with E-state index in [2.05, 4.69) is 5.32 Å². The van der Waals surface area contributed by atoms with E-state index in [4.69, 9.17) is 11.6 Å². The predicted octanol–water partition coefficient (Wildman–Crippen LogP) is 3.28. The zero-order valence-corrected chi connectivity index (χ0v) is 13.3. The first kappa shape index (κ1) is 15.5. The van der Waals surface area contributed by atoms with Crippen molar-refractivity contribution >= 4 is 40.4 Å². The molecule has 0 unspecified atom stereocenters. The van der Waals surface area contributed by atoms with Crippen molar-refractivity contribution in [1.29, 1.82) is 0 Å². The number of hydrogen-bond acceptors (Lipinski definition) is 3. The second-order valence-corrected chi connectivity index (χ2v) is 6.14. The van der Waals surface area contributed by atoms with E-state index in [1.54, 1.807) is 32.3 Å². The van der Waals surface area contributed by atoms with Gasteiger partial charge >= 0.3 is 0 Å². The molecule has 1 aromatic carbocycles. The summed E-state index contributed by atoms with van der Waals surface area (Å²) in [5.41, 5.74) is 0.932. The molecule has 0 bridgehead atoms. The number of hydrogen-bond donors (Lipinski definition) is 1. The molecular weight excluding hydrogens is 308 g/mol. The Kier molecular flexibility index (Phi) is 4.98. The van der Waals surface area contributed by atoms with Crippen molar-refractivity contribution in [3.05, 3.63) is 51.2 Å². The maximum Gasteiger partial charge on any atom is 0.253 e. The third kappa shape index (κ3) is 4.06. The van der Waals surface area contributed by atoms with Gasteiger partial charge in [-0.25, -0.2) is 0 Å². The first-order valence-electron chi connectivity index (χ1n) is 6.31. The van der Waals surface area contributed by atoms with Crippen molar-refractivity contribution < 1.29 is 9.59 Å². The summed E-state index contributed by atoms with van der Waals surface area (Å²) in [6.45, 7) is 0. The quantitative estimate of drug-likeness (QED) is 0.939. The number of thiophene rings is 1. The van der Waals surface area contributed by atoms with E-state index in [1.165, 1.54) is 16.2 Å². The van der Waals surface area contributed by atoms with Crippen LogP contribution in [0, 0.1) is 0 Å². The summed E-state index contributed by atoms with van der Waals surface area (Å²) in [6, 6.07) is 8.64. The van der Waals surface area contributed by atoms with Crippen LogP contribution in [0.1, 0.15) is 15.2 Å². The lowest BCUT2D eigenvalue weighted by Gasteiger charge is -2.12. The standard InChI is InChI=1S/C15H15ClN2O2S/c1-18(2)15(20)10-5-6-12(16)13(8-10)17-14(19)9-11-4-3-7-21-11/h3-8H,9H2,1-2H3,(H,17,19). The lowest BCUT2D eigenvalue weighted by Crippen LogP contribution is -2.22. The fraction of sp³-hybridized carbons (Fsp3) is 0.200. The highest BCUT2D eigenvalue weighted by molar-refractivity contribution is 7.10. The predicted molar refractivity (Wildman–Crippen MR) is 86.1 cm³/mol. The minimum atomic E-state index is -0.159. The van der Waals surface area contributed by atoms with Crippen LogP contribution in [0.25, 0.3) is 0 Å². The Hall–Kier alpha value is -1.85.